The van der Waals surface area contributed by atoms with Crippen LogP contribution < -0.4 is 4.90 Å². The fourth-order valence-electron chi connectivity index (χ4n) is 2.66. The summed E-state index contributed by atoms with van der Waals surface area (Å²) in [6.45, 7) is 7.47. The Bertz CT molecular complexity index is 623. The molecule has 7 heteroatoms. The fourth-order valence-corrected chi connectivity index (χ4v) is 2.66. The minimum Gasteiger partial charge on any atom is -0.344 e. The molecule has 0 aromatic carbocycles. The zero-order valence-electron chi connectivity index (χ0n) is 11.8. The zero-order chi connectivity index (χ0) is 14.3. The molecule has 1 aliphatic rings. The van der Waals surface area contributed by atoms with Crippen LogP contribution in [0.4, 0.5) is 10.2 Å². The van der Waals surface area contributed by atoms with E-state index in [0.29, 0.717) is 24.8 Å². The van der Waals surface area contributed by atoms with Gasteiger partial charge in [-0.15, -0.1) is 10.2 Å². The van der Waals surface area contributed by atoms with Gasteiger partial charge in [-0.1, -0.05) is 13.8 Å². The van der Waals surface area contributed by atoms with Crippen molar-refractivity contribution >= 4 is 5.82 Å². The van der Waals surface area contributed by atoms with Crippen LogP contribution in [0.2, 0.25) is 0 Å². The molecule has 0 fully saturated rings. The molecule has 0 unspecified atom stereocenters. The van der Waals surface area contributed by atoms with Crippen molar-refractivity contribution < 1.29 is 4.39 Å². The van der Waals surface area contributed by atoms with Crippen LogP contribution in [-0.4, -0.2) is 31.3 Å². The highest BCUT2D eigenvalue weighted by Crippen LogP contribution is 2.28. The van der Waals surface area contributed by atoms with Gasteiger partial charge < -0.3 is 9.47 Å². The molecular weight excluding hydrogens is 259 g/mol. The molecule has 106 valence electrons. The van der Waals surface area contributed by atoms with Crippen molar-refractivity contribution in [1.82, 2.24) is 24.7 Å². The zero-order valence-corrected chi connectivity index (χ0v) is 11.8. The van der Waals surface area contributed by atoms with Crippen LogP contribution in [0.5, 0.6) is 0 Å². The molecule has 0 radical (unpaired) electrons. The number of anilines is 1. The van der Waals surface area contributed by atoms with E-state index in [9.17, 15) is 4.39 Å². The third-order valence-corrected chi connectivity index (χ3v) is 3.51. The van der Waals surface area contributed by atoms with Crippen LogP contribution in [-0.2, 0) is 6.54 Å². The molecule has 6 nitrogen and oxygen atoms in total. The SMILES string of the molecule is CC(C)c1nnc2n1[C@@H](C)CN(c1ncncc1F)C2. The summed E-state index contributed by atoms with van der Waals surface area (Å²) in [6, 6.07) is 0.181. The monoisotopic (exact) mass is 276 g/mol. The maximum absolute atomic E-state index is 13.8. The molecule has 20 heavy (non-hydrogen) atoms. The number of nitrogens with zero attached hydrogens (tertiary/aromatic N) is 6. The van der Waals surface area contributed by atoms with Crippen LogP contribution in [0.25, 0.3) is 0 Å². The van der Waals surface area contributed by atoms with Gasteiger partial charge in [-0.05, 0) is 6.92 Å². The quantitative estimate of drug-likeness (QED) is 0.838. The van der Waals surface area contributed by atoms with E-state index in [-0.39, 0.29) is 6.04 Å². The molecule has 0 N–H and O–H groups in total. The summed E-state index contributed by atoms with van der Waals surface area (Å²) in [5.41, 5.74) is 0. The minimum atomic E-state index is -0.406. The van der Waals surface area contributed by atoms with Gasteiger partial charge in [0.1, 0.15) is 12.2 Å². The second-order valence-electron chi connectivity index (χ2n) is 5.42. The summed E-state index contributed by atoms with van der Waals surface area (Å²) in [5, 5.41) is 8.50. The molecule has 0 amide bonds. The first-order chi connectivity index (χ1) is 9.58. The van der Waals surface area contributed by atoms with E-state index in [1.165, 1.54) is 12.5 Å². The first-order valence-corrected chi connectivity index (χ1v) is 6.72. The maximum atomic E-state index is 13.8. The average Bonchev–Trinajstić information content (AvgIpc) is 2.83. The minimum absolute atomic E-state index is 0.181. The standard InChI is InChI=1S/C13H17FN6/c1-8(2)12-18-17-11-6-19(5-9(3)20(11)12)13-10(14)4-15-7-16-13/h4,7-9H,5-6H2,1-3H3/t9-/m0/s1. The van der Waals surface area contributed by atoms with Gasteiger partial charge in [0.2, 0.25) is 0 Å². The van der Waals surface area contributed by atoms with E-state index in [4.69, 9.17) is 0 Å². The lowest BCUT2D eigenvalue weighted by atomic mass is 10.1. The number of hydrogen-bond acceptors (Lipinski definition) is 5. The van der Waals surface area contributed by atoms with Crippen molar-refractivity contribution in [3.05, 3.63) is 30.0 Å². The van der Waals surface area contributed by atoms with Crippen molar-refractivity contribution in [3.63, 3.8) is 0 Å². The molecule has 1 aliphatic heterocycles. The molecule has 1 atom stereocenters. The second kappa shape index (κ2) is 4.81. The summed E-state index contributed by atoms with van der Waals surface area (Å²) in [4.78, 5) is 9.60. The Morgan fingerprint density at radius 2 is 2.15 bits per heavy atom. The van der Waals surface area contributed by atoms with E-state index in [1.807, 2.05) is 4.90 Å². The maximum Gasteiger partial charge on any atom is 0.183 e. The van der Waals surface area contributed by atoms with E-state index in [2.05, 4.69) is 45.5 Å². The topological polar surface area (TPSA) is 59.7 Å². The lowest BCUT2D eigenvalue weighted by molar-refractivity contribution is 0.436. The summed E-state index contributed by atoms with van der Waals surface area (Å²) < 4.78 is 16.0. The Morgan fingerprint density at radius 1 is 1.35 bits per heavy atom. The predicted octanol–water partition coefficient (Wildman–Crippen LogP) is 1.91. The largest absolute Gasteiger partial charge is 0.344 e. The van der Waals surface area contributed by atoms with Crippen molar-refractivity contribution in [2.24, 2.45) is 0 Å². The van der Waals surface area contributed by atoms with Crippen molar-refractivity contribution in [2.45, 2.75) is 39.3 Å². The molecule has 0 saturated heterocycles. The van der Waals surface area contributed by atoms with E-state index >= 15 is 0 Å². The van der Waals surface area contributed by atoms with Crippen LogP contribution in [0.15, 0.2) is 12.5 Å². The average molecular weight is 276 g/mol. The summed E-state index contributed by atoms with van der Waals surface area (Å²) in [7, 11) is 0. The molecule has 0 spiro atoms. The Labute approximate surface area is 116 Å². The van der Waals surface area contributed by atoms with Crippen LogP contribution in [0.1, 0.15) is 44.4 Å². The Morgan fingerprint density at radius 3 is 2.85 bits per heavy atom. The summed E-state index contributed by atoms with van der Waals surface area (Å²) in [5.74, 6) is 2.07. The number of fused-ring (bicyclic) bond motifs is 1. The number of hydrogen-bond donors (Lipinski definition) is 0. The highest BCUT2D eigenvalue weighted by Gasteiger charge is 2.29. The highest BCUT2D eigenvalue weighted by atomic mass is 19.1. The fraction of sp³-hybridized carbons (Fsp3) is 0.538. The van der Waals surface area contributed by atoms with Crippen LogP contribution >= 0.6 is 0 Å². The summed E-state index contributed by atoms with van der Waals surface area (Å²) >= 11 is 0. The van der Waals surface area contributed by atoms with Gasteiger partial charge in [0.25, 0.3) is 0 Å². The third-order valence-electron chi connectivity index (χ3n) is 3.51. The molecule has 3 rings (SSSR count). The lowest BCUT2D eigenvalue weighted by Crippen LogP contribution is -2.38. The normalized spacial score (nSPS) is 18.4. The van der Waals surface area contributed by atoms with Gasteiger partial charge in [-0.25, -0.2) is 14.4 Å². The molecule has 0 bridgehead atoms. The summed E-state index contributed by atoms with van der Waals surface area (Å²) in [6.07, 6.45) is 2.55. The molecular formula is C13H17FN6. The predicted molar refractivity (Wildman–Crippen MR) is 71.9 cm³/mol. The second-order valence-corrected chi connectivity index (χ2v) is 5.42. The van der Waals surface area contributed by atoms with Crippen molar-refractivity contribution in [2.75, 3.05) is 11.4 Å². The van der Waals surface area contributed by atoms with Gasteiger partial charge >= 0.3 is 0 Å². The van der Waals surface area contributed by atoms with Crippen molar-refractivity contribution in [1.29, 1.82) is 0 Å². The van der Waals surface area contributed by atoms with Crippen molar-refractivity contribution in [3.8, 4) is 0 Å². The van der Waals surface area contributed by atoms with Crippen LogP contribution in [0.3, 0.4) is 0 Å². The van der Waals surface area contributed by atoms with Gasteiger partial charge in [0.05, 0.1) is 18.8 Å². The van der Waals surface area contributed by atoms with E-state index < -0.39 is 5.82 Å². The number of halogens is 1. The Hall–Kier alpha value is -2.05. The molecule has 2 aromatic heterocycles. The van der Waals surface area contributed by atoms with Gasteiger partial charge in [-0.2, -0.15) is 0 Å². The van der Waals surface area contributed by atoms with Gasteiger partial charge in [-0.3, -0.25) is 0 Å². The Kier molecular flexibility index (Phi) is 3.11. The van der Waals surface area contributed by atoms with E-state index in [0.717, 1.165) is 11.6 Å². The smallest absolute Gasteiger partial charge is 0.183 e. The highest BCUT2D eigenvalue weighted by molar-refractivity contribution is 5.39. The van der Waals surface area contributed by atoms with Crippen LogP contribution in [0, 0.1) is 5.82 Å². The van der Waals surface area contributed by atoms with Gasteiger partial charge in [0.15, 0.2) is 17.5 Å². The third kappa shape index (κ3) is 2.03. The molecule has 2 aromatic rings. The van der Waals surface area contributed by atoms with Gasteiger partial charge in [0, 0.05) is 12.5 Å². The first kappa shape index (κ1) is 13.0. The molecule has 0 aliphatic carbocycles. The number of rotatable bonds is 2. The first-order valence-electron chi connectivity index (χ1n) is 6.72. The molecule has 0 saturated carbocycles. The number of aromatic nitrogens is 5. The molecule has 3 heterocycles. The lowest BCUT2D eigenvalue weighted by Gasteiger charge is -2.33. The van der Waals surface area contributed by atoms with E-state index in [1.54, 1.807) is 0 Å². The Balaban J connectivity index is 1.96.